The molecule has 1 aliphatic carbocycles. The Morgan fingerprint density at radius 3 is 2.47 bits per heavy atom. The van der Waals surface area contributed by atoms with Gasteiger partial charge in [0.15, 0.2) is 0 Å². The Balaban J connectivity index is 1.76. The maximum Gasteiger partial charge on any atom is 0.0436 e. The highest BCUT2D eigenvalue weighted by Crippen LogP contribution is 2.48. The Kier molecular flexibility index (Phi) is 2.45. The number of pyridine rings is 1. The van der Waals surface area contributed by atoms with Gasteiger partial charge in [0.05, 0.1) is 0 Å². The molecule has 2 heteroatoms. The minimum absolute atomic E-state index is 0.172. The minimum Gasteiger partial charge on any atom is -0.321 e. The second kappa shape index (κ2) is 3.97. The topological polar surface area (TPSA) is 38.9 Å². The molecule has 0 saturated heterocycles. The fourth-order valence-corrected chi connectivity index (χ4v) is 2.67. The molecule has 0 unspecified atom stereocenters. The first kappa shape index (κ1) is 10.5. The summed E-state index contributed by atoms with van der Waals surface area (Å²) in [7, 11) is 0. The summed E-state index contributed by atoms with van der Waals surface area (Å²) in [5.41, 5.74) is 8.80. The van der Waals surface area contributed by atoms with Gasteiger partial charge in [0.25, 0.3) is 0 Å². The molecule has 17 heavy (non-hydrogen) atoms. The molecule has 1 heterocycles. The predicted molar refractivity (Wildman–Crippen MR) is 68.5 cm³/mol. The van der Waals surface area contributed by atoms with Gasteiger partial charge in [-0.2, -0.15) is 0 Å². The average molecular weight is 224 g/mol. The van der Waals surface area contributed by atoms with Gasteiger partial charge in [-0.3, -0.25) is 4.98 Å². The zero-order valence-corrected chi connectivity index (χ0v) is 9.71. The van der Waals surface area contributed by atoms with E-state index in [-0.39, 0.29) is 5.54 Å². The molecule has 0 aliphatic heterocycles. The van der Waals surface area contributed by atoms with Gasteiger partial charge in [0.1, 0.15) is 0 Å². The second-order valence-corrected chi connectivity index (χ2v) is 4.91. The largest absolute Gasteiger partial charge is 0.321 e. The lowest BCUT2D eigenvalue weighted by Crippen LogP contribution is -2.47. The molecule has 2 N–H and O–H groups in total. The maximum absolute atomic E-state index is 6.41. The van der Waals surface area contributed by atoms with Gasteiger partial charge in [-0.25, -0.2) is 0 Å². The van der Waals surface area contributed by atoms with E-state index in [9.17, 15) is 0 Å². The number of nitrogens with zero attached hydrogens (tertiary/aromatic N) is 1. The highest BCUT2D eigenvalue weighted by molar-refractivity contribution is 5.31. The van der Waals surface area contributed by atoms with E-state index in [1.165, 1.54) is 5.56 Å². The fourth-order valence-electron chi connectivity index (χ4n) is 2.67. The van der Waals surface area contributed by atoms with E-state index in [1.54, 1.807) is 6.20 Å². The minimum atomic E-state index is -0.172. The number of aromatic nitrogens is 1. The smallest absolute Gasteiger partial charge is 0.0436 e. The molecule has 2 aromatic rings. The lowest BCUT2D eigenvalue weighted by atomic mass is 9.63. The fraction of sp³-hybridized carbons (Fsp3) is 0.267. The predicted octanol–water partition coefficient (Wildman–Crippen LogP) is 2.81. The van der Waals surface area contributed by atoms with Gasteiger partial charge in [-0.15, -0.1) is 0 Å². The lowest BCUT2D eigenvalue weighted by Gasteiger charge is -2.45. The van der Waals surface area contributed by atoms with E-state index in [0.717, 1.165) is 18.4 Å². The third-order valence-corrected chi connectivity index (χ3v) is 3.73. The number of benzene rings is 1. The van der Waals surface area contributed by atoms with Crippen LogP contribution >= 0.6 is 0 Å². The van der Waals surface area contributed by atoms with Crippen molar-refractivity contribution in [1.82, 2.24) is 4.98 Å². The molecule has 1 saturated carbocycles. The summed E-state index contributed by atoms with van der Waals surface area (Å²) < 4.78 is 0. The quantitative estimate of drug-likeness (QED) is 0.852. The molecular formula is C15H16N2. The van der Waals surface area contributed by atoms with Gasteiger partial charge in [-0.05, 0) is 36.0 Å². The van der Waals surface area contributed by atoms with Crippen molar-refractivity contribution in [3.63, 3.8) is 0 Å². The number of nitrogens with two attached hydrogens (primary N) is 1. The van der Waals surface area contributed by atoms with Crippen molar-refractivity contribution in [2.45, 2.75) is 24.3 Å². The van der Waals surface area contributed by atoms with Gasteiger partial charge < -0.3 is 5.73 Å². The van der Waals surface area contributed by atoms with Crippen LogP contribution in [0.3, 0.4) is 0 Å². The molecule has 0 radical (unpaired) electrons. The standard InChI is InChI=1S/C15H16N2/c16-15(14-7-4-8-17-11-14)9-13(10-15)12-5-2-1-3-6-12/h1-8,11,13H,9-10,16H2. The van der Waals surface area contributed by atoms with Gasteiger partial charge in [-0.1, -0.05) is 36.4 Å². The molecule has 1 fully saturated rings. The number of rotatable bonds is 2. The van der Waals surface area contributed by atoms with Crippen LogP contribution in [0.25, 0.3) is 0 Å². The van der Waals surface area contributed by atoms with E-state index < -0.39 is 0 Å². The summed E-state index contributed by atoms with van der Waals surface area (Å²) in [6.07, 6.45) is 5.72. The Hall–Kier alpha value is -1.67. The Morgan fingerprint density at radius 1 is 1.06 bits per heavy atom. The van der Waals surface area contributed by atoms with Crippen molar-refractivity contribution in [1.29, 1.82) is 0 Å². The Bertz CT molecular complexity index is 487. The first-order valence-corrected chi connectivity index (χ1v) is 6.02. The second-order valence-electron chi connectivity index (χ2n) is 4.91. The first-order chi connectivity index (χ1) is 8.28. The van der Waals surface area contributed by atoms with Gasteiger partial charge >= 0.3 is 0 Å². The average Bonchev–Trinajstić information content (AvgIpc) is 2.37. The van der Waals surface area contributed by atoms with Gasteiger partial charge in [0, 0.05) is 17.9 Å². The SMILES string of the molecule is NC1(c2cccnc2)CC(c2ccccc2)C1. The van der Waals surface area contributed by atoms with Crippen molar-refractivity contribution < 1.29 is 0 Å². The van der Waals surface area contributed by atoms with Crippen LogP contribution in [0, 0.1) is 0 Å². The normalized spacial score (nSPS) is 27.5. The van der Waals surface area contributed by atoms with Crippen LogP contribution < -0.4 is 5.73 Å². The number of hydrogen-bond donors (Lipinski definition) is 1. The van der Waals surface area contributed by atoms with E-state index in [1.807, 2.05) is 12.3 Å². The van der Waals surface area contributed by atoms with Crippen LogP contribution in [0.5, 0.6) is 0 Å². The Morgan fingerprint density at radius 2 is 1.82 bits per heavy atom. The van der Waals surface area contributed by atoms with E-state index in [0.29, 0.717) is 5.92 Å². The summed E-state index contributed by atoms with van der Waals surface area (Å²) in [5, 5.41) is 0. The maximum atomic E-state index is 6.41. The van der Waals surface area contributed by atoms with Crippen molar-refractivity contribution in [2.75, 3.05) is 0 Å². The van der Waals surface area contributed by atoms with Crippen LogP contribution in [-0.4, -0.2) is 4.98 Å². The molecule has 0 atom stereocenters. The van der Waals surface area contributed by atoms with Crippen LogP contribution in [0.2, 0.25) is 0 Å². The van der Waals surface area contributed by atoms with Crippen molar-refractivity contribution in [3.05, 3.63) is 66.0 Å². The van der Waals surface area contributed by atoms with Crippen LogP contribution in [0.4, 0.5) is 0 Å². The molecule has 3 rings (SSSR count). The van der Waals surface area contributed by atoms with Gasteiger partial charge in [0.2, 0.25) is 0 Å². The molecular weight excluding hydrogens is 208 g/mol. The van der Waals surface area contributed by atoms with Crippen molar-refractivity contribution in [2.24, 2.45) is 5.73 Å². The van der Waals surface area contributed by atoms with Crippen molar-refractivity contribution in [3.8, 4) is 0 Å². The highest BCUT2D eigenvalue weighted by Gasteiger charge is 2.42. The molecule has 0 spiro atoms. The van der Waals surface area contributed by atoms with Crippen LogP contribution in [-0.2, 0) is 5.54 Å². The third-order valence-electron chi connectivity index (χ3n) is 3.73. The monoisotopic (exact) mass is 224 g/mol. The molecule has 0 bridgehead atoms. The van der Waals surface area contributed by atoms with E-state index >= 15 is 0 Å². The lowest BCUT2D eigenvalue weighted by molar-refractivity contribution is 0.208. The summed E-state index contributed by atoms with van der Waals surface area (Å²) in [5.74, 6) is 0.599. The number of hydrogen-bond acceptors (Lipinski definition) is 2. The molecule has 1 aliphatic rings. The molecule has 1 aromatic carbocycles. The summed E-state index contributed by atoms with van der Waals surface area (Å²) in [6, 6.07) is 14.7. The van der Waals surface area contributed by atoms with E-state index in [4.69, 9.17) is 5.73 Å². The summed E-state index contributed by atoms with van der Waals surface area (Å²) >= 11 is 0. The van der Waals surface area contributed by atoms with Crippen LogP contribution in [0.15, 0.2) is 54.9 Å². The molecule has 0 amide bonds. The molecule has 2 nitrogen and oxygen atoms in total. The summed E-state index contributed by atoms with van der Waals surface area (Å²) in [6.45, 7) is 0. The molecule has 86 valence electrons. The molecule has 1 aromatic heterocycles. The first-order valence-electron chi connectivity index (χ1n) is 6.02. The van der Waals surface area contributed by atoms with E-state index in [2.05, 4.69) is 41.4 Å². The summed E-state index contributed by atoms with van der Waals surface area (Å²) in [4.78, 5) is 4.15. The zero-order valence-electron chi connectivity index (χ0n) is 9.71. The van der Waals surface area contributed by atoms with Crippen molar-refractivity contribution >= 4 is 0 Å². The van der Waals surface area contributed by atoms with Crippen LogP contribution in [0.1, 0.15) is 29.9 Å². The third kappa shape index (κ3) is 1.85. The Labute approximate surface area is 102 Å². The highest BCUT2D eigenvalue weighted by atomic mass is 14.8. The zero-order chi connectivity index (χ0) is 11.7.